The largest absolute Gasteiger partial charge is 0.477 e. The Kier molecular flexibility index (Phi) is 5.33. The number of nitrogens with two attached hydrogens (primary N) is 1. The highest BCUT2D eigenvalue weighted by molar-refractivity contribution is 5.72. The molecule has 3 heterocycles. The SMILES string of the molecule is Nc1cnc(-c2ccc(-c3cccnc3OCC3CCN(C=O)C3)cc2F)cn1. The van der Waals surface area contributed by atoms with Gasteiger partial charge in [0.2, 0.25) is 12.3 Å². The summed E-state index contributed by atoms with van der Waals surface area (Å²) < 4.78 is 20.7. The fraction of sp³-hybridized carbons (Fsp3) is 0.238. The van der Waals surface area contributed by atoms with Crippen molar-refractivity contribution >= 4 is 12.2 Å². The highest BCUT2D eigenvalue weighted by Crippen LogP contribution is 2.32. The lowest BCUT2D eigenvalue weighted by molar-refractivity contribution is -0.117. The predicted octanol–water partition coefficient (Wildman–Crippen LogP) is 2.78. The van der Waals surface area contributed by atoms with Crippen LogP contribution in [0.2, 0.25) is 0 Å². The second kappa shape index (κ2) is 8.22. The summed E-state index contributed by atoms with van der Waals surface area (Å²) in [6.07, 6.45) is 6.23. The lowest BCUT2D eigenvalue weighted by Crippen LogP contribution is -2.20. The quantitative estimate of drug-likeness (QED) is 0.647. The van der Waals surface area contributed by atoms with Crippen LogP contribution in [0.5, 0.6) is 5.88 Å². The van der Waals surface area contributed by atoms with Crippen LogP contribution < -0.4 is 10.5 Å². The molecule has 2 N–H and O–H groups in total. The number of aromatic nitrogens is 3. The van der Waals surface area contributed by atoms with Crippen molar-refractivity contribution in [2.24, 2.45) is 5.92 Å². The Morgan fingerprint density at radius 3 is 2.83 bits per heavy atom. The van der Waals surface area contributed by atoms with Gasteiger partial charge in [0, 0.05) is 36.3 Å². The minimum absolute atomic E-state index is 0.262. The first-order chi connectivity index (χ1) is 14.1. The van der Waals surface area contributed by atoms with Crippen molar-refractivity contribution in [2.45, 2.75) is 6.42 Å². The van der Waals surface area contributed by atoms with Crippen LogP contribution in [0.15, 0.2) is 48.9 Å². The zero-order valence-corrected chi connectivity index (χ0v) is 15.7. The van der Waals surface area contributed by atoms with Gasteiger partial charge >= 0.3 is 0 Å². The van der Waals surface area contributed by atoms with Crippen molar-refractivity contribution in [2.75, 3.05) is 25.4 Å². The van der Waals surface area contributed by atoms with Crippen molar-refractivity contribution < 1.29 is 13.9 Å². The van der Waals surface area contributed by atoms with E-state index in [2.05, 4.69) is 15.0 Å². The average Bonchev–Trinajstić information content (AvgIpc) is 3.21. The fourth-order valence-electron chi connectivity index (χ4n) is 3.38. The van der Waals surface area contributed by atoms with E-state index in [1.165, 1.54) is 18.5 Å². The highest BCUT2D eigenvalue weighted by Gasteiger charge is 2.22. The lowest BCUT2D eigenvalue weighted by Gasteiger charge is -2.14. The maximum Gasteiger partial charge on any atom is 0.221 e. The van der Waals surface area contributed by atoms with Gasteiger partial charge in [-0.1, -0.05) is 6.07 Å². The summed E-state index contributed by atoms with van der Waals surface area (Å²) in [5.41, 5.74) is 7.64. The molecule has 0 aliphatic carbocycles. The smallest absolute Gasteiger partial charge is 0.221 e. The van der Waals surface area contributed by atoms with Crippen LogP contribution in [0.1, 0.15) is 6.42 Å². The Hall–Kier alpha value is -3.55. The van der Waals surface area contributed by atoms with Crippen LogP contribution in [0.25, 0.3) is 22.4 Å². The number of ether oxygens (including phenoxy) is 1. The van der Waals surface area contributed by atoms with E-state index in [-0.39, 0.29) is 11.7 Å². The van der Waals surface area contributed by atoms with Gasteiger partial charge in [-0.2, -0.15) is 0 Å². The summed E-state index contributed by atoms with van der Waals surface area (Å²) in [6, 6.07) is 8.50. The molecule has 1 fully saturated rings. The highest BCUT2D eigenvalue weighted by atomic mass is 19.1. The first-order valence-corrected chi connectivity index (χ1v) is 9.29. The number of amides is 1. The average molecular weight is 393 g/mol. The molecule has 1 aliphatic rings. The van der Waals surface area contributed by atoms with Crippen LogP contribution in [-0.2, 0) is 4.79 Å². The van der Waals surface area contributed by atoms with Crippen LogP contribution in [0, 0.1) is 11.7 Å². The second-order valence-electron chi connectivity index (χ2n) is 6.94. The number of carbonyl (C=O) groups excluding carboxylic acids is 1. The van der Waals surface area contributed by atoms with E-state index in [9.17, 15) is 9.18 Å². The zero-order valence-electron chi connectivity index (χ0n) is 15.7. The first-order valence-electron chi connectivity index (χ1n) is 9.29. The van der Waals surface area contributed by atoms with Crippen LogP contribution in [-0.4, -0.2) is 46.0 Å². The van der Waals surface area contributed by atoms with Crippen molar-refractivity contribution in [1.29, 1.82) is 0 Å². The van der Waals surface area contributed by atoms with Gasteiger partial charge in [0.05, 0.1) is 24.7 Å². The molecule has 0 bridgehead atoms. The van der Waals surface area contributed by atoms with Crippen molar-refractivity contribution in [1.82, 2.24) is 19.9 Å². The Morgan fingerprint density at radius 1 is 1.21 bits per heavy atom. The summed E-state index contributed by atoms with van der Waals surface area (Å²) in [6.45, 7) is 1.88. The number of carbonyl (C=O) groups is 1. The Morgan fingerprint density at radius 2 is 2.10 bits per heavy atom. The summed E-state index contributed by atoms with van der Waals surface area (Å²) in [5, 5.41) is 0. The van der Waals surface area contributed by atoms with Gasteiger partial charge in [0.25, 0.3) is 0 Å². The van der Waals surface area contributed by atoms with Crippen molar-refractivity contribution in [3.8, 4) is 28.3 Å². The molecule has 0 saturated carbocycles. The summed E-state index contributed by atoms with van der Waals surface area (Å²) >= 11 is 0. The van der Waals surface area contributed by atoms with E-state index in [1.807, 2.05) is 6.07 Å². The molecule has 1 unspecified atom stereocenters. The number of rotatable bonds is 6. The molecule has 7 nitrogen and oxygen atoms in total. The number of nitrogen functional groups attached to an aromatic ring is 1. The Bertz CT molecular complexity index is 1010. The molecule has 148 valence electrons. The van der Waals surface area contributed by atoms with E-state index in [0.717, 1.165) is 19.4 Å². The number of hydrogen-bond donors (Lipinski definition) is 1. The molecule has 2 aromatic heterocycles. The molecule has 1 aromatic carbocycles. The molecule has 1 atom stereocenters. The molecule has 3 aromatic rings. The van der Waals surface area contributed by atoms with Gasteiger partial charge < -0.3 is 15.4 Å². The first kappa shape index (κ1) is 18.8. The monoisotopic (exact) mass is 393 g/mol. The predicted molar refractivity (Wildman–Crippen MR) is 106 cm³/mol. The molecule has 0 radical (unpaired) electrons. The van der Waals surface area contributed by atoms with Gasteiger partial charge in [-0.05, 0) is 36.2 Å². The lowest BCUT2D eigenvalue weighted by atomic mass is 10.0. The Balaban J connectivity index is 1.55. The van der Waals surface area contributed by atoms with Crippen LogP contribution >= 0.6 is 0 Å². The molecular weight excluding hydrogens is 373 g/mol. The van der Waals surface area contributed by atoms with E-state index in [4.69, 9.17) is 10.5 Å². The minimum atomic E-state index is -0.422. The maximum atomic E-state index is 14.8. The van der Waals surface area contributed by atoms with Gasteiger partial charge in [-0.3, -0.25) is 9.78 Å². The van der Waals surface area contributed by atoms with E-state index >= 15 is 0 Å². The topological polar surface area (TPSA) is 94.2 Å². The third kappa shape index (κ3) is 4.16. The zero-order chi connectivity index (χ0) is 20.2. The van der Waals surface area contributed by atoms with Crippen LogP contribution in [0.4, 0.5) is 10.2 Å². The molecule has 0 spiro atoms. The number of nitrogens with zero attached hydrogens (tertiary/aromatic N) is 4. The summed E-state index contributed by atoms with van der Waals surface area (Å²) in [7, 11) is 0. The van der Waals surface area contributed by atoms with E-state index < -0.39 is 5.82 Å². The third-order valence-corrected chi connectivity index (χ3v) is 4.92. The normalized spacial score (nSPS) is 16.0. The molecule has 4 rings (SSSR count). The molecule has 1 aliphatic heterocycles. The van der Waals surface area contributed by atoms with Crippen LogP contribution in [0.3, 0.4) is 0 Å². The number of pyridine rings is 1. The number of anilines is 1. The Labute approximate surface area is 167 Å². The maximum absolute atomic E-state index is 14.8. The number of hydrogen-bond acceptors (Lipinski definition) is 6. The number of benzene rings is 1. The molecule has 8 heteroatoms. The summed E-state index contributed by atoms with van der Waals surface area (Å²) in [5.74, 6) is 0.560. The minimum Gasteiger partial charge on any atom is -0.477 e. The molecule has 1 amide bonds. The molecular formula is C21H20FN5O2. The van der Waals surface area contributed by atoms with Crippen molar-refractivity contribution in [3.05, 3.63) is 54.7 Å². The van der Waals surface area contributed by atoms with Gasteiger partial charge in [0.15, 0.2) is 0 Å². The van der Waals surface area contributed by atoms with Gasteiger partial charge in [-0.15, -0.1) is 0 Å². The molecule has 29 heavy (non-hydrogen) atoms. The second-order valence-corrected chi connectivity index (χ2v) is 6.94. The van der Waals surface area contributed by atoms with E-state index in [0.29, 0.717) is 41.4 Å². The fourth-order valence-corrected chi connectivity index (χ4v) is 3.38. The van der Waals surface area contributed by atoms with E-state index in [1.54, 1.807) is 29.3 Å². The van der Waals surface area contributed by atoms with Gasteiger partial charge in [-0.25, -0.2) is 14.4 Å². The number of halogens is 1. The summed E-state index contributed by atoms with van der Waals surface area (Å²) in [4.78, 5) is 25.0. The molecule has 1 saturated heterocycles. The van der Waals surface area contributed by atoms with Crippen molar-refractivity contribution in [3.63, 3.8) is 0 Å². The number of likely N-dealkylation sites (tertiary alicyclic amines) is 1. The standard InChI is InChI=1S/C21H20FN5O2/c22-18-8-15(3-4-17(18)19-9-26-20(23)10-25-19)16-2-1-6-24-21(16)29-12-14-5-7-27(11-14)13-28/h1-4,6,8-10,13-14H,5,7,11-12H2,(H2,23,26). The third-order valence-electron chi connectivity index (χ3n) is 4.92. The van der Waals surface area contributed by atoms with Gasteiger partial charge in [0.1, 0.15) is 11.6 Å².